The Hall–Kier alpha value is -3.62. The Morgan fingerprint density at radius 3 is 2.14 bits per heavy atom. The smallest absolute Gasteiger partial charge is 0.255 e. The summed E-state index contributed by atoms with van der Waals surface area (Å²) < 4.78 is 0. The summed E-state index contributed by atoms with van der Waals surface area (Å²) in [6.45, 7) is 1.86. The van der Waals surface area contributed by atoms with Crippen LogP contribution in [0, 0.1) is 18.3 Å². The molecule has 3 aromatic rings. The first-order valence-corrected chi connectivity index (χ1v) is 8.83. The third kappa shape index (κ3) is 4.56. The van der Waals surface area contributed by atoms with Crippen LogP contribution in [0.4, 0.5) is 11.4 Å². The minimum absolute atomic E-state index is 0.279. The number of anilines is 2. The van der Waals surface area contributed by atoms with E-state index in [4.69, 9.17) is 16.9 Å². The minimum Gasteiger partial charge on any atom is -0.322 e. The Bertz CT molecular complexity index is 1090. The van der Waals surface area contributed by atoms with Gasteiger partial charge in [0.25, 0.3) is 11.8 Å². The number of hydrogen-bond donors (Lipinski definition) is 2. The van der Waals surface area contributed by atoms with Crippen LogP contribution in [0.15, 0.2) is 66.7 Å². The Kier molecular flexibility index (Phi) is 5.73. The maximum atomic E-state index is 12.4. The number of nitriles is 1. The highest BCUT2D eigenvalue weighted by atomic mass is 35.5. The summed E-state index contributed by atoms with van der Waals surface area (Å²) in [5, 5.41) is 15.1. The van der Waals surface area contributed by atoms with Crippen molar-refractivity contribution in [2.24, 2.45) is 0 Å². The summed E-state index contributed by atoms with van der Waals surface area (Å²) in [4.78, 5) is 24.8. The molecule has 3 rings (SSSR count). The van der Waals surface area contributed by atoms with E-state index in [9.17, 15) is 9.59 Å². The van der Waals surface area contributed by atoms with Crippen molar-refractivity contribution in [3.63, 3.8) is 0 Å². The SMILES string of the molecule is Cc1cc(Cl)ccc1NC(=O)c1ccc(C(=O)Nc2cccc(C#N)c2)cc1. The second-order valence-electron chi connectivity index (χ2n) is 6.14. The van der Waals surface area contributed by atoms with Crippen LogP contribution in [-0.2, 0) is 0 Å². The van der Waals surface area contributed by atoms with Crippen LogP contribution in [0.2, 0.25) is 5.02 Å². The predicted octanol–water partition coefficient (Wildman–Crippen LogP) is 5.02. The quantitative estimate of drug-likeness (QED) is 0.656. The molecule has 5 nitrogen and oxygen atoms in total. The maximum Gasteiger partial charge on any atom is 0.255 e. The van der Waals surface area contributed by atoms with E-state index in [2.05, 4.69) is 10.6 Å². The number of amides is 2. The molecular weight excluding hydrogens is 374 g/mol. The fourth-order valence-corrected chi connectivity index (χ4v) is 2.83. The van der Waals surface area contributed by atoms with Gasteiger partial charge in [-0.1, -0.05) is 17.7 Å². The third-order valence-corrected chi connectivity index (χ3v) is 4.33. The second-order valence-corrected chi connectivity index (χ2v) is 6.57. The maximum absolute atomic E-state index is 12.4. The lowest BCUT2D eigenvalue weighted by Gasteiger charge is -2.09. The summed E-state index contributed by atoms with van der Waals surface area (Å²) in [6, 6.07) is 20.2. The van der Waals surface area contributed by atoms with E-state index >= 15 is 0 Å². The molecule has 138 valence electrons. The molecule has 0 aliphatic rings. The molecule has 2 amide bonds. The van der Waals surface area contributed by atoms with Crippen LogP contribution >= 0.6 is 11.6 Å². The van der Waals surface area contributed by atoms with Gasteiger partial charge in [0.2, 0.25) is 0 Å². The van der Waals surface area contributed by atoms with E-state index in [1.165, 1.54) is 0 Å². The number of rotatable bonds is 4. The third-order valence-electron chi connectivity index (χ3n) is 4.10. The van der Waals surface area contributed by atoms with Gasteiger partial charge >= 0.3 is 0 Å². The highest BCUT2D eigenvalue weighted by molar-refractivity contribution is 6.30. The van der Waals surface area contributed by atoms with Crippen LogP contribution < -0.4 is 10.6 Å². The molecule has 28 heavy (non-hydrogen) atoms. The standard InChI is InChI=1S/C22H16ClN3O2/c1-14-11-18(23)9-10-20(14)26-22(28)17-7-5-16(6-8-17)21(27)25-19-4-2-3-15(12-19)13-24/h2-12H,1H3,(H,25,27)(H,26,28). The molecule has 0 saturated carbocycles. The van der Waals surface area contributed by atoms with Crippen molar-refractivity contribution in [2.75, 3.05) is 10.6 Å². The Morgan fingerprint density at radius 1 is 0.893 bits per heavy atom. The monoisotopic (exact) mass is 389 g/mol. The molecule has 0 atom stereocenters. The van der Waals surface area contributed by atoms with Crippen molar-refractivity contribution in [3.05, 3.63) is 94.0 Å². The van der Waals surface area contributed by atoms with E-state index in [0.717, 1.165) is 5.56 Å². The van der Waals surface area contributed by atoms with E-state index in [0.29, 0.717) is 33.1 Å². The van der Waals surface area contributed by atoms with Crippen LogP contribution in [0.5, 0.6) is 0 Å². The molecule has 2 N–H and O–H groups in total. The average molecular weight is 390 g/mol. The van der Waals surface area contributed by atoms with E-state index in [1.54, 1.807) is 66.7 Å². The van der Waals surface area contributed by atoms with Crippen molar-refractivity contribution in [2.45, 2.75) is 6.92 Å². The zero-order valence-corrected chi connectivity index (χ0v) is 15.7. The molecule has 0 unspecified atom stereocenters. The Labute approximate surface area is 167 Å². The molecule has 0 aliphatic heterocycles. The van der Waals surface area contributed by atoms with Gasteiger partial charge in [-0.2, -0.15) is 5.26 Å². The first kappa shape index (κ1) is 19.2. The number of halogens is 1. The van der Waals surface area contributed by atoms with Crippen molar-refractivity contribution >= 4 is 34.8 Å². The number of aryl methyl sites for hydroxylation is 1. The number of carbonyl (C=O) groups is 2. The zero-order chi connectivity index (χ0) is 20.1. The topological polar surface area (TPSA) is 82.0 Å². The van der Waals surface area contributed by atoms with Gasteiger partial charge in [0, 0.05) is 27.5 Å². The van der Waals surface area contributed by atoms with Crippen molar-refractivity contribution in [1.82, 2.24) is 0 Å². The van der Waals surface area contributed by atoms with Gasteiger partial charge in [0.15, 0.2) is 0 Å². The van der Waals surface area contributed by atoms with Crippen molar-refractivity contribution in [1.29, 1.82) is 5.26 Å². The molecule has 3 aromatic carbocycles. The normalized spacial score (nSPS) is 10.0. The Balaban J connectivity index is 1.69. The number of benzene rings is 3. The zero-order valence-electron chi connectivity index (χ0n) is 15.0. The molecule has 0 spiro atoms. The first-order valence-electron chi connectivity index (χ1n) is 8.45. The minimum atomic E-state index is -0.324. The largest absolute Gasteiger partial charge is 0.322 e. The van der Waals surface area contributed by atoms with Gasteiger partial charge in [-0.3, -0.25) is 9.59 Å². The van der Waals surface area contributed by atoms with E-state index in [-0.39, 0.29) is 11.8 Å². The van der Waals surface area contributed by atoms with Crippen LogP contribution in [0.3, 0.4) is 0 Å². The molecule has 0 heterocycles. The lowest BCUT2D eigenvalue weighted by molar-refractivity contribution is 0.101. The summed E-state index contributed by atoms with van der Waals surface area (Å²) in [5.41, 5.74) is 3.36. The average Bonchev–Trinajstić information content (AvgIpc) is 2.70. The van der Waals surface area contributed by atoms with Gasteiger partial charge < -0.3 is 10.6 Å². The molecule has 6 heteroatoms. The van der Waals surface area contributed by atoms with E-state index in [1.807, 2.05) is 13.0 Å². The molecule has 0 bridgehead atoms. The number of carbonyl (C=O) groups excluding carboxylic acids is 2. The van der Waals surface area contributed by atoms with Crippen LogP contribution in [0.25, 0.3) is 0 Å². The second kappa shape index (κ2) is 8.38. The molecule has 0 fully saturated rings. The number of hydrogen-bond acceptors (Lipinski definition) is 3. The van der Waals surface area contributed by atoms with Gasteiger partial charge in [0.05, 0.1) is 11.6 Å². The molecule has 0 radical (unpaired) electrons. The summed E-state index contributed by atoms with van der Waals surface area (Å²) in [6.07, 6.45) is 0. The summed E-state index contributed by atoms with van der Waals surface area (Å²) in [5.74, 6) is -0.602. The van der Waals surface area contributed by atoms with Gasteiger partial charge in [0.1, 0.15) is 0 Å². The molecular formula is C22H16ClN3O2. The number of nitrogens with one attached hydrogen (secondary N) is 2. The van der Waals surface area contributed by atoms with Gasteiger partial charge in [-0.05, 0) is 73.2 Å². The Morgan fingerprint density at radius 2 is 1.54 bits per heavy atom. The lowest BCUT2D eigenvalue weighted by atomic mass is 10.1. The summed E-state index contributed by atoms with van der Waals surface area (Å²) >= 11 is 5.93. The lowest BCUT2D eigenvalue weighted by Crippen LogP contribution is -2.14. The van der Waals surface area contributed by atoms with Crippen molar-refractivity contribution in [3.8, 4) is 6.07 Å². The molecule has 0 aliphatic carbocycles. The van der Waals surface area contributed by atoms with Gasteiger partial charge in [-0.15, -0.1) is 0 Å². The molecule has 0 saturated heterocycles. The van der Waals surface area contributed by atoms with Crippen LogP contribution in [-0.4, -0.2) is 11.8 Å². The van der Waals surface area contributed by atoms with E-state index < -0.39 is 0 Å². The fourth-order valence-electron chi connectivity index (χ4n) is 2.60. The fraction of sp³-hybridized carbons (Fsp3) is 0.0455. The predicted molar refractivity (Wildman–Crippen MR) is 110 cm³/mol. The first-order chi connectivity index (χ1) is 13.5. The van der Waals surface area contributed by atoms with Gasteiger partial charge in [-0.25, -0.2) is 0 Å². The van der Waals surface area contributed by atoms with Crippen LogP contribution in [0.1, 0.15) is 31.8 Å². The number of nitrogens with zero attached hydrogens (tertiary/aromatic N) is 1. The summed E-state index contributed by atoms with van der Waals surface area (Å²) in [7, 11) is 0. The highest BCUT2D eigenvalue weighted by Gasteiger charge is 2.11. The van der Waals surface area contributed by atoms with Crippen molar-refractivity contribution < 1.29 is 9.59 Å². The molecule has 0 aromatic heterocycles. The highest BCUT2D eigenvalue weighted by Crippen LogP contribution is 2.20.